The van der Waals surface area contributed by atoms with Gasteiger partial charge in [-0.1, -0.05) is 49.2 Å². The number of rotatable bonds is 13. The van der Waals surface area contributed by atoms with Gasteiger partial charge in [0.25, 0.3) is 0 Å². The Bertz CT molecular complexity index is 752. The quantitative estimate of drug-likeness (QED) is 0.401. The van der Waals surface area contributed by atoms with Crippen LogP contribution in [0.5, 0.6) is 11.5 Å². The van der Waals surface area contributed by atoms with E-state index in [2.05, 4.69) is 30.1 Å². The van der Waals surface area contributed by atoms with E-state index in [1.165, 1.54) is 5.56 Å². The van der Waals surface area contributed by atoms with Crippen molar-refractivity contribution in [1.82, 2.24) is 10.2 Å². The number of nitrogens with zero attached hydrogens (tertiary/aromatic N) is 1. The highest BCUT2D eigenvalue weighted by Crippen LogP contribution is 2.30. The van der Waals surface area contributed by atoms with E-state index in [0.29, 0.717) is 29.0 Å². The number of ether oxygens (including phenoxy) is 2. The van der Waals surface area contributed by atoms with Gasteiger partial charge in [0.2, 0.25) is 0 Å². The predicted molar refractivity (Wildman–Crippen MR) is 123 cm³/mol. The summed E-state index contributed by atoms with van der Waals surface area (Å²) >= 11 is 12.2. The Labute approximate surface area is 185 Å². The van der Waals surface area contributed by atoms with Crippen molar-refractivity contribution in [3.8, 4) is 11.5 Å². The van der Waals surface area contributed by atoms with Gasteiger partial charge in [-0.2, -0.15) is 0 Å². The Hall–Kier alpha value is -1.46. The minimum Gasteiger partial charge on any atom is -0.490 e. The van der Waals surface area contributed by atoms with Gasteiger partial charge in [0, 0.05) is 22.2 Å². The van der Waals surface area contributed by atoms with Crippen LogP contribution >= 0.6 is 23.2 Å². The minimum absolute atomic E-state index is 0.360. The zero-order valence-corrected chi connectivity index (χ0v) is 19.2. The fourth-order valence-corrected chi connectivity index (χ4v) is 3.51. The maximum Gasteiger partial charge on any atom is 0.161 e. The molecule has 0 unspecified atom stereocenters. The van der Waals surface area contributed by atoms with E-state index in [-0.39, 0.29) is 0 Å². The third-order valence-corrected chi connectivity index (χ3v) is 5.34. The van der Waals surface area contributed by atoms with Crippen molar-refractivity contribution in [1.29, 1.82) is 0 Å². The predicted octanol–water partition coefficient (Wildman–Crippen LogP) is 5.79. The van der Waals surface area contributed by atoms with Gasteiger partial charge in [0.05, 0.1) is 6.61 Å². The second kappa shape index (κ2) is 13.0. The van der Waals surface area contributed by atoms with Crippen molar-refractivity contribution >= 4 is 23.2 Å². The van der Waals surface area contributed by atoms with Crippen LogP contribution in [0.1, 0.15) is 38.3 Å². The van der Waals surface area contributed by atoms with Crippen LogP contribution in [0, 0.1) is 0 Å². The Morgan fingerprint density at radius 3 is 2.41 bits per heavy atom. The molecule has 0 radical (unpaired) electrons. The molecule has 1 N–H and O–H groups in total. The van der Waals surface area contributed by atoms with Gasteiger partial charge < -0.3 is 19.7 Å². The number of hydrogen-bond acceptors (Lipinski definition) is 4. The molecule has 0 heterocycles. The highest BCUT2D eigenvalue weighted by atomic mass is 35.5. The van der Waals surface area contributed by atoms with E-state index in [1.807, 2.05) is 31.2 Å². The monoisotopic (exact) mass is 438 g/mol. The van der Waals surface area contributed by atoms with Gasteiger partial charge in [-0.3, -0.25) is 0 Å². The van der Waals surface area contributed by atoms with Crippen LogP contribution < -0.4 is 14.8 Å². The Morgan fingerprint density at radius 2 is 1.72 bits per heavy atom. The molecule has 0 amide bonds. The van der Waals surface area contributed by atoms with Gasteiger partial charge in [0.1, 0.15) is 6.61 Å². The second-order valence-electron chi connectivity index (χ2n) is 6.80. The Kier molecular flexibility index (Phi) is 10.6. The van der Waals surface area contributed by atoms with Crippen molar-refractivity contribution in [2.24, 2.45) is 0 Å². The lowest BCUT2D eigenvalue weighted by atomic mass is 10.2. The van der Waals surface area contributed by atoms with Gasteiger partial charge in [-0.25, -0.2) is 0 Å². The first kappa shape index (κ1) is 23.8. The van der Waals surface area contributed by atoms with Gasteiger partial charge in [-0.05, 0) is 69.4 Å². The van der Waals surface area contributed by atoms with E-state index >= 15 is 0 Å². The standard InChI is InChI=1S/C23H32Cl2N2O2/c1-4-27(5-2)13-7-12-26-16-18-8-11-22(23(14-18)28-6-3)29-17-19-9-10-20(24)15-21(19)25/h8-11,14-15,26H,4-7,12-13,16-17H2,1-3H3. The van der Waals surface area contributed by atoms with Crippen molar-refractivity contribution in [2.45, 2.75) is 40.3 Å². The first-order chi connectivity index (χ1) is 14.1. The molecular formula is C23H32Cl2N2O2. The second-order valence-corrected chi connectivity index (χ2v) is 7.64. The summed E-state index contributed by atoms with van der Waals surface area (Å²) in [4.78, 5) is 2.44. The number of halogens is 2. The Morgan fingerprint density at radius 1 is 0.931 bits per heavy atom. The average molecular weight is 439 g/mol. The maximum absolute atomic E-state index is 6.24. The molecule has 2 aromatic carbocycles. The molecule has 6 heteroatoms. The molecule has 0 spiro atoms. The van der Waals surface area contributed by atoms with Crippen molar-refractivity contribution < 1.29 is 9.47 Å². The molecule has 160 valence electrons. The fraction of sp³-hybridized carbons (Fsp3) is 0.478. The molecule has 0 aromatic heterocycles. The van der Waals surface area contributed by atoms with E-state index in [1.54, 1.807) is 6.07 Å². The highest BCUT2D eigenvalue weighted by Gasteiger charge is 2.09. The minimum atomic E-state index is 0.360. The molecule has 0 saturated carbocycles. The average Bonchev–Trinajstić information content (AvgIpc) is 2.71. The molecule has 0 aliphatic rings. The zero-order valence-electron chi connectivity index (χ0n) is 17.6. The van der Waals surface area contributed by atoms with E-state index in [0.717, 1.165) is 50.5 Å². The van der Waals surface area contributed by atoms with Crippen LogP contribution in [0.3, 0.4) is 0 Å². The molecule has 0 bridgehead atoms. The van der Waals surface area contributed by atoms with Crippen LogP contribution in [0.15, 0.2) is 36.4 Å². The topological polar surface area (TPSA) is 33.7 Å². The Balaban J connectivity index is 1.90. The SMILES string of the molecule is CCOc1cc(CNCCCN(CC)CC)ccc1OCc1ccc(Cl)cc1Cl. The van der Waals surface area contributed by atoms with E-state index < -0.39 is 0 Å². The molecule has 0 saturated heterocycles. The third-order valence-electron chi connectivity index (χ3n) is 4.76. The summed E-state index contributed by atoms with van der Waals surface area (Å²) in [6.07, 6.45) is 1.14. The molecule has 0 aliphatic carbocycles. The van der Waals surface area contributed by atoms with Gasteiger partial charge in [-0.15, -0.1) is 0 Å². The molecule has 2 aromatic rings. The van der Waals surface area contributed by atoms with Crippen LogP contribution in [0.2, 0.25) is 10.0 Å². The van der Waals surface area contributed by atoms with Crippen LogP contribution in [0.25, 0.3) is 0 Å². The molecule has 2 rings (SSSR count). The molecule has 4 nitrogen and oxygen atoms in total. The summed E-state index contributed by atoms with van der Waals surface area (Å²) in [6.45, 7) is 12.5. The highest BCUT2D eigenvalue weighted by molar-refractivity contribution is 6.35. The van der Waals surface area contributed by atoms with Crippen LogP contribution in [0.4, 0.5) is 0 Å². The molecule has 0 atom stereocenters. The first-order valence-corrected chi connectivity index (χ1v) is 11.1. The van der Waals surface area contributed by atoms with Crippen molar-refractivity contribution in [3.63, 3.8) is 0 Å². The van der Waals surface area contributed by atoms with Crippen molar-refractivity contribution in [2.75, 3.05) is 32.8 Å². The van der Waals surface area contributed by atoms with Crippen LogP contribution in [-0.2, 0) is 13.2 Å². The molecular weight excluding hydrogens is 407 g/mol. The smallest absolute Gasteiger partial charge is 0.161 e. The number of nitrogens with one attached hydrogen (secondary N) is 1. The summed E-state index contributed by atoms with van der Waals surface area (Å²) in [6, 6.07) is 11.5. The molecule has 29 heavy (non-hydrogen) atoms. The number of hydrogen-bond donors (Lipinski definition) is 1. The van der Waals surface area contributed by atoms with Crippen molar-refractivity contribution in [3.05, 3.63) is 57.6 Å². The lowest BCUT2D eigenvalue weighted by Crippen LogP contribution is -2.27. The van der Waals surface area contributed by atoms with Gasteiger partial charge >= 0.3 is 0 Å². The van der Waals surface area contributed by atoms with E-state index in [9.17, 15) is 0 Å². The summed E-state index contributed by atoms with van der Waals surface area (Å²) in [5.74, 6) is 1.46. The largest absolute Gasteiger partial charge is 0.490 e. The molecule has 0 aliphatic heterocycles. The first-order valence-electron chi connectivity index (χ1n) is 10.3. The van der Waals surface area contributed by atoms with E-state index in [4.69, 9.17) is 32.7 Å². The fourth-order valence-electron chi connectivity index (χ4n) is 3.04. The third kappa shape index (κ3) is 8.06. The summed E-state index contributed by atoms with van der Waals surface area (Å²) in [5.41, 5.74) is 2.06. The summed E-state index contributed by atoms with van der Waals surface area (Å²) in [5, 5.41) is 4.72. The lowest BCUT2D eigenvalue weighted by Gasteiger charge is -2.18. The lowest BCUT2D eigenvalue weighted by molar-refractivity contribution is 0.269. The molecule has 0 fully saturated rings. The normalized spacial score (nSPS) is 11.1. The zero-order chi connectivity index (χ0) is 21.1. The maximum atomic E-state index is 6.24. The number of benzene rings is 2. The summed E-state index contributed by atoms with van der Waals surface area (Å²) in [7, 11) is 0. The summed E-state index contributed by atoms with van der Waals surface area (Å²) < 4.78 is 11.8. The van der Waals surface area contributed by atoms with Crippen LogP contribution in [-0.4, -0.2) is 37.7 Å². The van der Waals surface area contributed by atoms with Gasteiger partial charge in [0.15, 0.2) is 11.5 Å².